The van der Waals surface area contributed by atoms with Gasteiger partial charge in [-0.25, -0.2) is 4.79 Å². The van der Waals surface area contributed by atoms with E-state index in [2.05, 4.69) is 10.0 Å². The molecule has 0 bridgehead atoms. The maximum absolute atomic E-state index is 12.0. The summed E-state index contributed by atoms with van der Waals surface area (Å²) in [7, 11) is 0. The maximum Gasteiger partial charge on any atom is 0.334 e. The van der Waals surface area contributed by atoms with Crippen molar-refractivity contribution in [3.63, 3.8) is 0 Å². The van der Waals surface area contributed by atoms with Gasteiger partial charge in [-0.3, -0.25) is 0 Å². The third-order valence-electron chi connectivity index (χ3n) is 4.49. The van der Waals surface area contributed by atoms with Gasteiger partial charge in [-0.2, -0.15) is 0 Å². The fraction of sp³-hybridized carbons (Fsp3) is 0.611. The molecule has 0 spiro atoms. The fourth-order valence-electron chi connectivity index (χ4n) is 3.18. The summed E-state index contributed by atoms with van der Waals surface area (Å²) >= 11 is 0. The second-order valence-corrected chi connectivity index (χ2v) is 6.32. The number of nitrogens with zero attached hydrogens (tertiary/aromatic N) is 3. The lowest BCUT2D eigenvalue weighted by atomic mass is 9.97. The zero-order valence-electron chi connectivity index (χ0n) is 15.3. The second kappa shape index (κ2) is 9.16. The molecule has 27 heavy (non-hydrogen) atoms. The Hall–Kier alpha value is -2.16. The molecule has 146 valence electrons. The number of esters is 1. The summed E-state index contributed by atoms with van der Waals surface area (Å²) in [6.45, 7) is 4.05. The van der Waals surface area contributed by atoms with Crippen LogP contribution < -0.4 is 0 Å². The van der Waals surface area contributed by atoms with Gasteiger partial charge >= 0.3 is 5.97 Å². The molecule has 6 atom stereocenters. The molecule has 0 radical (unpaired) electrons. The number of hydrogen-bond donors (Lipinski definition) is 0. The van der Waals surface area contributed by atoms with Gasteiger partial charge in [0.25, 0.3) is 0 Å². The quantitative estimate of drug-likeness (QED) is 0.326. The molecule has 2 saturated heterocycles. The van der Waals surface area contributed by atoms with Crippen LogP contribution in [0.3, 0.4) is 0 Å². The molecule has 0 N–H and O–H groups in total. The van der Waals surface area contributed by atoms with E-state index in [9.17, 15) is 4.79 Å². The van der Waals surface area contributed by atoms with E-state index in [0.29, 0.717) is 6.61 Å². The van der Waals surface area contributed by atoms with Gasteiger partial charge in [-0.05, 0) is 19.4 Å². The van der Waals surface area contributed by atoms with Gasteiger partial charge in [0.1, 0.15) is 12.2 Å². The van der Waals surface area contributed by atoms with Gasteiger partial charge in [0, 0.05) is 10.5 Å². The van der Waals surface area contributed by atoms with E-state index >= 15 is 0 Å². The van der Waals surface area contributed by atoms with Crippen molar-refractivity contribution in [3.8, 4) is 0 Å². The average Bonchev–Trinajstić information content (AvgIpc) is 2.70. The highest BCUT2D eigenvalue weighted by atomic mass is 16.7. The minimum absolute atomic E-state index is 0.161. The lowest BCUT2D eigenvalue weighted by molar-refractivity contribution is -0.309. The van der Waals surface area contributed by atoms with E-state index in [1.54, 1.807) is 13.8 Å². The molecule has 2 aliphatic heterocycles. The summed E-state index contributed by atoms with van der Waals surface area (Å²) in [5, 5.41) is 3.77. The van der Waals surface area contributed by atoms with Gasteiger partial charge in [0.15, 0.2) is 12.4 Å². The van der Waals surface area contributed by atoms with Crippen LogP contribution in [0.2, 0.25) is 0 Å². The molecular weight excluding hydrogens is 354 g/mol. The molecule has 0 saturated carbocycles. The van der Waals surface area contributed by atoms with E-state index in [1.165, 1.54) is 0 Å². The summed E-state index contributed by atoms with van der Waals surface area (Å²) in [4.78, 5) is 14.9. The molecule has 2 heterocycles. The number of hydrogen-bond acceptors (Lipinski definition) is 7. The van der Waals surface area contributed by atoms with Crippen molar-refractivity contribution in [1.82, 2.24) is 0 Å². The summed E-state index contributed by atoms with van der Waals surface area (Å²) in [6.07, 6.45) is -3.01. The molecule has 1 aromatic rings. The number of carbonyl (C=O) groups is 1. The van der Waals surface area contributed by atoms with E-state index in [0.717, 1.165) is 5.56 Å². The van der Waals surface area contributed by atoms with Gasteiger partial charge in [0.2, 0.25) is 0 Å². The molecule has 0 aliphatic carbocycles. The Balaban J connectivity index is 1.79. The van der Waals surface area contributed by atoms with Crippen LogP contribution in [-0.2, 0) is 28.5 Å². The highest BCUT2D eigenvalue weighted by molar-refractivity contribution is 5.74. The summed E-state index contributed by atoms with van der Waals surface area (Å²) < 4.78 is 28.5. The first-order valence-electron chi connectivity index (χ1n) is 8.94. The number of ether oxygens (including phenoxy) is 5. The predicted molar refractivity (Wildman–Crippen MR) is 93.7 cm³/mol. The lowest BCUT2D eigenvalue weighted by Crippen LogP contribution is -2.59. The molecule has 3 unspecified atom stereocenters. The number of rotatable bonds is 6. The Morgan fingerprint density at radius 3 is 2.81 bits per heavy atom. The van der Waals surface area contributed by atoms with Crippen molar-refractivity contribution in [2.45, 2.75) is 50.6 Å². The van der Waals surface area contributed by atoms with Crippen molar-refractivity contribution in [3.05, 3.63) is 46.3 Å². The third kappa shape index (κ3) is 4.58. The van der Waals surface area contributed by atoms with Gasteiger partial charge < -0.3 is 23.7 Å². The largest absolute Gasteiger partial charge is 0.464 e. The van der Waals surface area contributed by atoms with Crippen molar-refractivity contribution in [1.29, 1.82) is 0 Å². The number of fused-ring (bicyclic) bond motifs is 1. The fourth-order valence-corrected chi connectivity index (χ4v) is 3.18. The van der Waals surface area contributed by atoms with Crippen molar-refractivity contribution >= 4 is 5.97 Å². The highest BCUT2D eigenvalue weighted by Gasteiger charge is 2.47. The van der Waals surface area contributed by atoms with Crippen molar-refractivity contribution in [2.75, 3.05) is 19.8 Å². The number of benzene rings is 1. The van der Waals surface area contributed by atoms with Crippen LogP contribution in [0.1, 0.15) is 25.7 Å². The first kappa shape index (κ1) is 19.6. The maximum atomic E-state index is 12.0. The Bertz CT molecular complexity index is 681. The van der Waals surface area contributed by atoms with Crippen LogP contribution in [0.15, 0.2) is 35.4 Å². The zero-order valence-corrected chi connectivity index (χ0v) is 15.3. The topological polar surface area (TPSA) is 112 Å². The molecule has 1 aromatic carbocycles. The van der Waals surface area contributed by atoms with Crippen molar-refractivity contribution < 1.29 is 28.5 Å². The third-order valence-corrected chi connectivity index (χ3v) is 4.49. The first-order valence-corrected chi connectivity index (χ1v) is 8.94. The monoisotopic (exact) mass is 377 g/mol. The zero-order chi connectivity index (χ0) is 19.2. The Kier molecular flexibility index (Phi) is 6.65. The minimum atomic E-state index is -0.827. The summed E-state index contributed by atoms with van der Waals surface area (Å²) in [5.41, 5.74) is 9.74. The lowest BCUT2D eigenvalue weighted by Gasteiger charge is -2.45. The molecule has 3 rings (SSSR count). The van der Waals surface area contributed by atoms with Crippen LogP contribution in [0.5, 0.6) is 0 Å². The van der Waals surface area contributed by atoms with E-state index in [4.69, 9.17) is 29.2 Å². The molecule has 9 nitrogen and oxygen atoms in total. The van der Waals surface area contributed by atoms with Crippen LogP contribution in [-0.4, -0.2) is 56.2 Å². The highest BCUT2D eigenvalue weighted by Crippen LogP contribution is 2.34. The Morgan fingerprint density at radius 1 is 1.33 bits per heavy atom. The number of carbonyl (C=O) groups excluding carboxylic acids is 1. The average molecular weight is 377 g/mol. The number of azide groups is 1. The molecule has 9 heteroatoms. The summed E-state index contributed by atoms with van der Waals surface area (Å²) in [6, 6.07) is 8.87. The molecular formula is C18H23N3O6. The summed E-state index contributed by atoms with van der Waals surface area (Å²) in [5.74, 6) is -0.480. The predicted octanol–water partition coefficient (Wildman–Crippen LogP) is 2.52. The van der Waals surface area contributed by atoms with Crippen LogP contribution in [0.25, 0.3) is 10.4 Å². The molecule has 0 aromatic heterocycles. The molecule has 2 fully saturated rings. The van der Waals surface area contributed by atoms with Gasteiger partial charge in [-0.15, -0.1) is 0 Å². The smallest absolute Gasteiger partial charge is 0.334 e. The second-order valence-electron chi connectivity index (χ2n) is 6.32. The standard InChI is InChI=1S/C18H23N3O6/c1-3-23-17(22)11(2)26-15-13(20-21-19)9-24-14-10-25-18(27-16(14)15)12-7-5-4-6-8-12/h4-8,11,13-16,18H,3,9-10H2,1-2H3/t11-,13?,14?,15-,16-,18?/m1/s1. The molecule has 0 amide bonds. The van der Waals surface area contributed by atoms with E-state index in [-0.39, 0.29) is 19.3 Å². The van der Waals surface area contributed by atoms with Gasteiger partial charge in [0.05, 0.1) is 32.0 Å². The Labute approximate surface area is 157 Å². The van der Waals surface area contributed by atoms with Crippen molar-refractivity contribution in [2.24, 2.45) is 5.11 Å². The van der Waals surface area contributed by atoms with E-state index < -0.39 is 36.6 Å². The van der Waals surface area contributed by atoms with Crippen LogP contribution >= 0.6 is 0 Å². The minimum Gasteiger partial charge on any atom is -0.464 e. The normalized spacial score (nSPS) is 31.3. The van der Waals surface area contributed by atoms with Crippen LogP contribution in [0, 0.1) is 0 Å². The first-order chi connectivity index (χ1) is 13.1. The SMILES string of the molecule is CCOC(=O)[C@@H](C)O[C@@H]1C(N=[N+]=[N-])COC2COC(c3ccccc3)O[C@H]21. The van der Waals surface area contributed by atoms with Crippen LogP contribution in [0.4, 0.5) is 0 Å². The Morgan fingerprint density at radius 2 is 2.11 bits per heavy atom. The van der Waals surface area contributed by atoms with Gasteiger partial charge in [-0.1, -0.05) is 35.4 Å². The van der Waals surface area contributed by atoms with E-state index in [1.807, 2.05) is 30.3 Å². The molecule has 2 aliphatic rings.